The van der Waals surface area contributed by atoms with Crippen LogP contribution in [0.2, 0.25) is 0 Å². The van der Waals surface area contributed by atoms with Crippen molar-refractivity contribution in [2.75, 3.05) is 19.3 Å². The minimum Gasteiger partial charge on any atom is -0.218 e. The minimum atomic E-state index is -3.72. The van der Waals surface area contributed by atoms with Gasteiger partial charge in [0, 0.05) is 11.0 Å². The van der Waals surface area contributed by atoms with E-state index >= 15 is 0 Å². The Kier molecular flexibility index (Phi) is 5.51. The van der Waals surface area contributed by atoms with Crippen LogP contribution in [0.4, 0.5) is 0 Å². The van der Waals surface area contributed by atoms with Crippen molar-refractivity contribution >= 4 is 36.0 Å². The van der Waals surface area contributed by atoms with Crippen LogP contribution in [0.15, 0.2) is 27.6 Å². The standard InChI is InChI=1S/C10H15BrN2O4S2/c1-8-3-4-9(11)7-10(8)19(16,17)13-5-6-18(14,15)12-2/h3-4,7,12-13H,5-6H2,1-2H3. The molecular formula is C10H15BrN2O4S2. The summed E-state index contributed by atoms with van der Waals surface area (Å²) in [6.07, 6.45) is 0. The Labute approximate surface area is 121 Å². The summed E-state index contributed by atoms with van der Waals surface area (Å²) in [6, 6.07) is 4.88. The van der Waals surface area contributed by atoms with Gasteiger partial charge in [-0.25, -0.2) is 26.3 Å². The van der Waals surface area contributed by atoms with Crippen LogP contribution in [0.25, 0.3) is 0 Å². The highest BCUT2D eigenvalue weighted by atomic mass is 79.9. The second kappa shape index (κ2) is 6.31. The van der Waals surface area contributed by atoms with Crippen molar-refractivity contribution in [2.24, 2.45) is 0 Å². The highest BCUT2D eigenvalue weighted by Gasteiger charge is 2.18. The van der Waals surface area contributed by atoms with Crippen LogP contribution >= 0.6 is 15.9 Å². The van der Waals surface area contributed by atoms with E-state index in [2.05, 4.69) is 25.4 Å². The summed E-state index contributed by atoms with van der Waals surface area (Å²) >= 11 is 3.20. The molecule has 0 fully saturated rings. The van der Waals surface area contributed by atoms with Crippen molar-refractivity contribution in [1.29, 1.82) is 0 Å². The lowest BCUT2D eigenvalue weighted by molar-refractivity contribution is 0.578. The van der Waals surface area contributed by atoms with Gasteiger partial charge in [0.15, 0.2) is 0 Å². The fourth-order valence-corrected chi connectivity index (χ4v) is 3.87. The second-order valence-corrected chi connectivity index (χ2v) is 8.53. The first-order valence-corrected chi connectivity index (χ1v) is 9.28. The quantitative estimate of drug-likeness (QED) is 0.766. The maximum absolute atomic E-state index is 12.0. The molecule has 108 valence electrons. The molecule has 0 saturated carbocycles. The van der Waals surface area contributed by atoms with Crippen LogP contribution in [0.3, 0.4) is 0 Å². The van der Waals surface area contributed by atoms with Gasteiger partial charge >= 0.3 is 0 Å². The van der Waals surface area contributed by atoms with E-state index in [1.54, 1.807) is 19.1 Å². The van der Waals surface area contributed by atoms with Gasteiger partial charge in [-0.3, -0.25) is 0 Å². The van der Waals surface area contributed by atoms with Crippen LogP contribution in [-0.4, -0.2) is 36.2 Å². The molecular weight excluding hydrogens is 356 g/mol. The molecule has 0 aliphatic carbocycles. The molecule has 0 heterocycles. The van der Waals surface area contributed by atoms with Crippen molar-refractivity contribution < 1.29 is 16.8 Å². The van der Waals surface area contributed by atoms with Crippen molar-refractivity contribution in [1.82, 2.24) is 9.44 Å². The van der Waals surface area contributed by atoms with Crippen molar-refractivity contribution in [2.45, 2.75) is 11.8 Å². The van der Waals surface area contributed by atoms with Gasteiger partial charge in [-0.1, -0.05) is 22.0 Å². The summed E-state index contributed by atoms with van der Waals surface area (Å²) in [7, 11) is -5.86. The number of hydrogen-bond donors (Lipinski definition) is 2. The van der Waals surface area contributed by atoms with Crippen molar-refractivity contribution in [3.05, 3.63) is 28.2 Å². The zero-order chi connectivity index (χ0) is 14.7. The number of rotatable bonds is 6. The normalized spacial score (nSPS) is 12.6. The van der Waals surface area contributed by atoms with E-state index < -0.39 is 20.0 Å². The predicted octanol–water partition coefficient (Wildman–Crippen LogP) is 0.585. The molecule has 0 unspecified atom stereocenters. The number of halogens is 1. The molecule has 0 amide bonds. The van der Waals surface area contributed by atoms with Crippen LogP contribution < -0.4 is 9.44 Å². The SMILES string of the molecule is CNS(=O)(=O)CCNS(=O)(=O)c1cc(Br)ccc1C. The summed E-state index contributed by atoms with van der Waals surface area (Å²) in [5, 5.41) is 0. The van der Waals surface area contributed by atoms with Crippen molar-refractivity contribution in [3.8, 4) is 0 Å². The number of aryl methyl sites for hydroxylation is 1. The van der Waals surface area contributed by atoms with Crippen molar-refractivity contribution in [3.63, 3.8) is 0 Å². The second-order valence-electron chi connectivity index (χ2n) is 3.83. The van der Waals surface area contributed by atoms with E-state index in [0.29, 0.717) is 10.0 Å². The van der Waals surface area contributed by atoms with Gasteiger partial charge in [-0.05, 0) is 31.7 Å². The van der Waals surface area contributed by atoms with Gasteiger partial charge in [0.1, 0.15) is 0 Å². The average molecular weight is 371 g/mol. The van der Waals surface area contributed by atoms with Crippen LogP contribution in [0.5, 0.6) is 0 Å². The molecule has 2 N–H and O–H groups in total. The monoisotopic (exact) mass is 370 g/mol. The summed E-state index contributed by atoms with van der Waals surface area (Å²) in [5.41, 5.74) is 0.590. The summed E-state index contributed by atoms with van der Waals surface area (Å²) in [4.78, 5) is 0.128. The molecule has 0 aromatic heterocycles. The van der Waals surface area contributed by atoms with Gasteiger partial charge in [0.05, 0.1) is 10.6 Å². The zero-order valence-electron chi connectivity index (χ0n) is 10.5. The Morgan fingerprint density at radius 2 is 1.84 bits per heavy atom. The van der Waals surface area contributed by atoms with Gasteiger partial charge in [-0.15, -0.1) is 0 Å². The third-order valence-electron chi connectivity index (χ3n) is 2.41. The smallest absolute Gasteiger partial charge is 0.218 e. The number of benzene rings is 1. The summed E-state index contributed by atoms with van der Waals surface area (Å²) in [6.45, 7) is 1.49. The molecule has 1 aromatic carbocycles. The van der Waals surface area contributed by atoms with E-state index in [-0.39, 0.29) is 17.2 Å². The summed E-state index contributed by atoms with van der Waals surface area (Å²) in [5.74, 6) is -0.310. The van der Waals surface area contributed by atoms with Gasteiger partial charge < -0.3 is 0 Å². The van der Waals surface area contributed by atoms with Crippen LogP contribution in [0, 0.1) is 6.92 Å². The fourth-order valence-electron chi connectivity index (χ4n) is 1.35. The maximum Gasteiger partial charge on any atom is 0.240 e. The molecule has 6 nitrogen and oxygen atoms in total. The Morgan fingerprint density at radius 1 is 1.21 bits per heavy atom. The average Bonchev–Trinajstić information content (AvgIpc) is 2.31. The molecule has 1 aromatic rings. The van der Waals surface area contributed by atoms with E-state index in [4.69, 9.17) is 0 Å². The minimum absolute atomic E-state index is 0.128. The first-order valence-electron chi connectivity index (χ1n) is 5.35. The molecule has 19 heavy (non-hydrogen) atoms. The molecule has 0 saturated heterocycles. The van der Waals surface area contributed by atoms with E-state index in [9.17, 15) is 16.8 Å². The molecule has 9 heteroatoms. The summed E-state index contributed by atoms with van der Waals surface area (Å²) < 4.78 is 51.5. The molecule has 0 atom stereocenters. The Balaban J connectivity index is 2.85. The Morgan fingerprint density at radius 3 is 2.42 bits per heavy atom. The third kappa shape index (κ3) is 4.84. The van der Waals surface area contributed by atoms with E-state index in [0.717, 1.165) is 0 Å². The maximum atomic E-state index is 12.0. The molecule has 0 radical (unpaired) electrons. The van der Waals surface area contributed by atoms with Crippen LogP contribution in [0.1, 0.15) is 5.56 Å². The van der Waals surface area contributed by atoms with Gasteiger partial charge in [0.2, 0.25) is 20.0 Å². The fraction of sp³-hybridized carbons (Fsp3) is 0.400. The highest BCUT2D eigenvalue weighted by molar-refractivity contribution is 9.10. The first kappa shape index (κ1) is 16.6. The van der Waals surface area contributed by atoms with E-state index in [1.807, 2.05) is 0 Å². The number of sulfonamides is 2. The lowest BCUT2D eigenvalue weighted by Gasteiger charge is -2.09. The van der Waals surface area contributed by atoms with Gasteiger partial charge in [0.25, 0.3) is 0 Å². The zero-order valence-corrected chi connectivity index (χ0v) is 13.7. The topological polar surface area (TPSA) is 92.3 Å². The largest absolute Gasteiger partial charge is 0.240 e. The molecule has 0 bridgehead atoms. The van der Waals surface area contributed by atoms with E-state index in [1.165, 1.54) is 13.1 Å². The van der Waals surface area contributed by atoms with Crippen LogP contribution in [-0.2, 0) is 20.0 Å². The molecule has 1 rings (SSSR count). The number of hydrogen-bond acceptors (Lipinski definition) is 4. The van der Waals surface area contributed by atoms with Gasteiger partial charge in [-0.2, -0.15) is 0 Å². The highest BCUT2D eigenvalue weighted by Crippen LogP contribution is 2.20. The third-order valence-corrected chi connectivity index (χ3v) is 5.87. The number of nitrogens with one attached hydrogen (secondary N) is 2. The first-order chi connectivity index (χ1) is 8.68. The molecule has 0 spiro atoms. The Hall–Kier alpha value is -0.480. The predicted molar refractivity (Wildman–Crippen MR) is 76.9 cm³/mol. The molecule has 0 aliphatic heterocycles. The lowest BCUT2D eigenvalue weighted by atomic mass is 10.2. The lowest BCUT2D eigenvalue weighted by Crippen LogP contribution is -2.33. The molecule has 0 aliphatic rings. The Bertz CT molecular complexity index is 656.